The summed E-state index contributed by atoms with van der Waals surface area (Å²) < 4.78 is 37.8. The zero-order valence-electron chi connectivity index (χ0n) is 12.8. The van der Waals surface area contributed by atoms with Crippen LogP contribution in [0.2, 0.25) is 0 Å². The Labute approximate surface area is 129 Å². The van der Waals surface area contributed by atoms with Crippen LogP contribution >= 0.6 is 0 Å². The third kappa shape index (κ3) is 4.97. The van der Waals surface area contributed by atoms with Crippen LogP contribution in [0.15, 0.2) is 18.2 Å². The van der Waals surface area contributed by atoms with Crippen LogP contribution in [-0.4, -0.2) is 41.9 Å². The molecule has 0 radical (unpaired) electrons. The van der Waals surface area contributed by atoms with Gasteiger partial charge in [0.2, 0.25) is 0 Å². The maximum absolute atomic E-state index is 12.6. The predicted octanol–water partition coefficient (Wildman–Crippen LogP) is 2.47. The summed E-state index contributed by atoms with van der Waals surface area (Å²) in [5.41, 5.74) is 3.27. The summed E-state index contributed by atoms with van der Waals surface area (Å²) in [6.45, 7) is 2.99. The smallest absolute Gasteiger partial charge is 0.396 e. The summed E-state index contributed by atoms with van der Waals surface area (Å²) in [5.74, 6) is 0. The van der Waals surface area contributed by atoms with Crippen molar-refractivity contribution in [2.75, 3.05) is 19.7 Å². The van der Waals surface area contributed by atoms with Gasteiger partial charge in [0.15, 0.2) is 0 Å². The highest BCUT2D eigenvalue weighted by Crippen LogP contribution is 2.27. The molecule has 124 valence electrons. The average Bonchev–Trinajstić information content (AvgIpc) is 2.43. The molecule has 1 aliphatic rings. The van der Waals surface area contributed by atoms with E-state index < -0.39 is 12.7 Å². The molecule has 0 spiro atoms. The average molecular weight is 316 g/mol. The Balaban J connectivity index is 1.99. The second kappa shape index (κ2) is 7.44. The molecule has 0 saturated heterocycles. The van der Waals surface area contributed by atoms with Gasteiger partial charge >= 0.3 is 6.18 Å². The van der Waals surface area contributed by atoms with Crippen LogP contribution in [0.1, 0.15) is 30.0 Å². The fourth-order valence-corrected chi connectivity index (χ4v) is 2.83. The molecule has 0 aliphatic carbocycles. The van der Waals surface area contributed by atoms with Gasteiger partial charge in [0.25, 0.3) is 0 Å². The number of aliphatic hydroxyl groups is 1. The van der Waals surface area contributed by atoms with E-state index >= 15 is 0 Å². The molecule has 1 aliphatic heterocycles. The number of aliphatic hydroxyl groups excluding tert-OH is 1. The number of alkyl halides is 3. The van der Waals surface area contributed by atoms with E-state index in [2.05, 4.69) is 11.4 Å². The molecule has 0 bridgehead atoms. The maximum atomic E-state index is 12.6. The summed E-state index contributed by atoms with van der Waals surface area (Å²) in [4.78, 5) is 1.49. The molecule has 3 nitrogen and oxygen atoms in total. The van der Waals surface area contributed by atoms with Gasteiger partial charge in [-0.05, 0) is 43.0 Å². The molecule has 6 heteroatoms. The SMILES string of the molecule is CC1Cc2cc(CNCCCO)ccc2CN1CC(F)(F)F. The Kier molecular flexibility index (Phi) is 5.83. The third-order valence-corrected chi connectivity index (χ3v) is 4.01. The van der Waals surface area contributed by atoms with Crippen molar-refractivity contribution in [1.82, 2.24) is 10.2 Å². The number of rotatable bonds is 6. The molecular formula is C16H23F3N2O. The second-order valence-electron chi connectivity index (χ2n) is 5.93. The first-order chi connectivity index (χ1) is 10.4. The van der Waals surface area contributed by atoms with E-state index in [0.717, 1.165) is 23.2 Å². The van der Waals surface area contributed by atoms with Gasteiger partial charge in [-0.1, -0.05) is 18.2 Å². The molecule has 0 fully saturated rings. The molecule has 22 heavy (non-hydrogen) atoms. The van der Waals surface area contributed by atoms with Gasteiger partial charge in [0, 0.05) is 25.7 Å². The first-order valence-electron chi connectivity index (χ1n) is 7.62. The van der Waals surface area contributed by atoms with Crippen molar-refractivity contribution in [1.29, 1.82) is 0 Å². The van der Waals surface area contributed by atoms with Crippen molar-refractivity contribution in [3.63, 3.8) is 0 Å². The highest BCUT2D eigenvalue weighted by atomic mass is 19.4. The minimum absolute atomic E-state index is 0.105. The molecule has 1 unspecified atom stereocenters. The van der Waals surface area contributed by atoms with E-state index in [0.29, 0.717) is 25.9 Å². The molecule has 2 rings (SSSR count). The predicted molar refractivity (Wildman–Crippen MR) is 79.5 cm³/mol. The lowest BCUT2D eigenvalue weighted by molar-refractivity contribution is -0.152. The van der Waals surface area contributed by atoms with Crippen LogP contribution in [0.3, 0.4) is 0 Å². The van der Waals surface area contributed by atoms with E-state index in [1.165, 1.54) is 4.90 Å². The number of nitrogens with one attached hydrogen (secondary N) is 1. The largest absolute Gasteiger partial charge is 0.401 e. The molecule has 1 atom stereocenters. The first-order valence-corrected chi connectivity index (χ1v) is 7.62. The normalized spacial score (nSPS) is 19.2. The van der Waals surface area contributed by atoms with Gasteiger partial charge in [-0.3, -0.25) is 4.90 Å². The maximum Gasteiger partial charge on any atom is 0.401 e. The zero-order valence-corrected chi connectivity index (χ0v) is 12.8. The lowest BCUT2D eigenvalue weighted by Gasteiger charge is -2.35. The standard InChI is InChI=1S/C16H23F3N2O/c1-12-7-15-8-13(9-20-5-2-6-22)3-4-14(15)10-21(12)11-16(17,18)19/h3-4,8,12,20,22H,2,5-7,9-11H2,1H3. The van der Waals surface area contributed by atoms with Gasteiger partial charge in [-0.25, -0.2) is 0 Å². The third-order valence-electron chi connectivity index (χ3n) is 4.01. The van der Waals surface area contributed by atoms with E-state index in [1.807, 2.05) is 19.1 Å². The Morgan fingerprint density at radius 2 is 2.09 bits per heavy atom. The molecule has 0 amide bonds. The Morgan fingerprint density at radius 3 is 2.77 bits per heavy atom. The van der Waals surface area contributed by atoms with E-state index in [1.54, 1.807) is 0 Å². The van der Waals surface area contributed by atoms with Crippen molar-refractivity contribution in [2.24, 2.45) is 0 Å². The number of nitrogens with zero attached hydrogens (tertiary/aromatic N) is 1. The first kappa shape index (κ1) is 17.2. The fourth-order valence-electron chi connectivity index (χ4n) is 2.83. The van der Waals surface area contributed by atoms with E-state index in [4.69, 9.17) is 5.11 Å². The Morgan fingerprint density at radius 1 is 1.32 bits per heavy atom. The van der Waals surface area contributed by atoms with Gasteiger partial charge in [0.1, 0.15) is 0 Å². The quantitative estimate of drug-likeness (QED) is 0.792. The highest BCUT2D eigenvalue weighted by molar-refractivity contribution is 5.34. The number of hydrogen-bond acceptors (Lipinski definition) is 3. The molecular weight excluding hydrogens is 293 g/mol. The molecule has 2 N–H and O–H groups in total. The van der Waals surface area contributed by atoms with Crippen molar-refractivity contribution in [3.8, 4) is 0 Å². The fraction of sp³-hybridized carbons (Fsp3) is 0.625. The molecule has 1 aromatic carbocycles. The summed E-state index contributed by atoms with van der Waals surface area (Å²) in [6.07, 6.45) is -2.79. The molecule has 0 saturated carbocycles. The van der Waals surface area contributed by atoms with Crippen LogP contribution in [0.4, 0.5) is 13.2 Å². The monoisotopic (exact) mass is 316 g/mol. The van der Waals surface area contributed by atoms with Gasteiger partial charge in [-0.2, -0.15) is 13.2 Å². The van der Waals surface area contributed by atoms with Crippen LogP contribution in [0.5, 0.6) is 0 Å². The van der Waals surface area contributed by atoms with Crippen molar-refractivity contribution < 1.29 is 18.3 Å². The van der Waals surface area contributed by atoms with Crippen molar-refractivity contribution in [3.05, 3.63) is 34.9 Å². The van der Waals surface area contributed by atoms with Crippen LogP contribution in [0.25, 0.3) is 0 Å². The molecule has 1 heterocycles. The van der Waals surface area contributed by atoms with Crippen LogP contribution in [-0.2, 0) is 19.5 Å². The summed E-state index contributed by atoms with van der Waals surface area (Å²) >= 11 is 0. The minimum Gasteiger partial charge on any atom is -0.396 e. The van der Waals surface area contributed by atoms with Gasteiger partial charge in [-0.15, -0.1) is 0 Å². The Bertz CT molecular complexity index is 491. The lowest BCUT2D eigenvalue weighted by Crippen LogP contribution is -2.43. The highest BCUT2D eigenvalue weighted by Gasteiger charge is 2.34. The molecule has 1 aromatic rings. The number of benzene rings is 1. The number of hydrogen-bond donors (Lipinski definition) is 2. The van der Waals surface area contributed by atoms with Crippen molar-refractivity contribution in [2.45, 2.75) is 45.1 Å². The van der Waals surface area contributed by atoms with Gasteiger partial charge < -0.3 is 10.4 Å². The van der Waals surface area contributed by atoms with E-state index in [-0.39, 0.29) is 12.6 Å². The van der Waals surface area contributed by atoms with Crippen molar-refractivity contribution >= 4 is 0 Å². The van der Waals surface area contributed by atoms with Crippen LogP contribution < -0.4 is 5.32 Å². The lowest BCUT2D eigenvalue weighted by atomic mass is 9.93. The van der Waals surface area contributed by atoms with Crippen LogP contribution in [0, 0.1) is 0 Å². The topological polar surface area (TPSA) is 35.5 Å². The number of halogens is 3. The number of fused-ring (bicyclic) bond motifs is 1. The molecule has 0 aromatic heterocycles. The second-order valence-corrected chi connectivity index (χ2v) is 5.93. The summed E-state index contributed by atoms with van der Waals surface area (Å²) in [7, 11) is 0. The minimum atomic E-state index is -4.15. The zero-order chi connectivity index (χ0) is 16.2. The summed E-state index contributed by atoms with van der Waals surface area (Å²) in [6, 6.07) is 5.88. The summed E-state index contributed by atoms with van der Waals surface area (Å²) in [5, 5.41) is 12.0. The Hall–Kier alpha value is -1.11. The van der Waals surface area contributed by atoms with Gasteiger partial charge in [0.05, 0.1) is 6.54 Å². The van der Waals surface area contributed by atoms with E-state index in [9.17, 15) is 13.2 Å².